The summed E-state index contributed by atoms with van der Waals surface area (Å²) in [5, 5.41) is 0. The summed E-state index contributed by atoms with van der Waals surface area (Å²) >= 11 is 5.91. The Morgan fingerprint density at radius 1 is 1.22 bits per heavy atom. The van der Waals surface area contributed by atoms with Gasteiger partial charge in [-0.25, -0.2) is 0 Å². The van der Waals surface area contributed by atoms with Crippen LogP contribution in [0.1, 0.15) is 15.2 Å². The normalized spacial score (nSPS) is 13.2. The molecule has 0 fully saturated rings. The summed E-state index contributed by atoms with van der Waals surface area (Å²) in [5.41, 5.74) is 0.258. The van der Waals surface area contributed by atoms with E-state index in [-0.39, 0.29) is 9.90 Å². The van der Waals surface area contributed by atoms with Crippen molar-refractivity contribution >= 4 is 28.7 Å². The van der Waals surface area contributed by atoms with Crippen molar-refractivity contribution in [2.75, 3.05) is 0 Å². The highest BCUT2D eigenvalue weighted by molar-refractivity contribution is 7.18. The smallest absolute Gasteiger partial charge is 0.292 e. The van der Waals surface area contributed by atoms with E-state index in [1.807, 2.05) is 0 Å². The molecule has 0 radical (unpaired) electrons. The third-order valence-electron chi connectivity index (χ3n) is 2.02. The first-order chi connectivity index (χ1) is 7.94. The zero-order valence-electron chi connectivity index (χ0n) is 8.62. The molecule has 0 bridgehead atoms. The summed E-state index contributed by atoms with van der Waals surface area (Å²) in [6.45, 7) is 1.38. The van der Waals surface area contributed by atoms with Gasteiger partial charge in [0.25, 0.3) is 0 Å². The Balaban J connectivity index is 3.20. The Morgan fingerprint density at radius 2 is 1.67 bits per heavy atom. The molecular formula is C9H5ClF6OS. The van der Waals surface area contributed by atoms with E-state index in [1.54, 1.807) is 0 Å². The van der Waals surface area contributed by atoms with Crippen LogP contribution in [-0.4, -0.2) is 18.1 Å². The van der Waals surface area contributed by atoms with Crippen molar-refractivity contribution in [3.8, 4) is 0 Å². The number of aryl methyl sites for hydroxylation is 1. The number of hydrogen-bond donors (Lipinski definition) is 0. The van der Waals surface area contributed by atoms with Crippen LogP contribution in [0.15, 0.2) is 6.07 Å². The highest BCUT2D eigenvalue weighted by Gasteiger charge is 2.61. The first kappa shape index (κ1) is 15.3. The second-order valence-electron chi connectivity index (χ2n) is 3.45. The molecule has 1 aromatic rings. The molecule has 1 rings (SSSR count). The van der Waals surface area contributed by atoms with Crippen LogP contribution in [-0.2, 0) is 0 Å². The van der Waals surface area contributed by atoms with Gasteiger partial charge in [-0.2, -0.15) is 26.3 Å². The molecule has 102 valence electrons. The second kappa shape index (κ2) is 4.73. The van der Waals surface area contributed by atoms with Crippen LogP contribution >= 0.6 is 22.9 Å². The number of alkyl halides is 6. The molecule has 1 nitrogen and oxygen atoms in total. The van der Waals surface area contributed by atoms with Crippen molar-refractivity contribution in [2.45, 2.75) is 19.3 Å². The predicted molar refractivity (Wildman–Crippen MR) is 54.0 cm³/mol. The molecule has 0 atom stereocenters. The number of carbonyl (C=O) groups is 1. The van der Waals surface area contributed by atoms with E-state index in [0.29, 0.717) is 11.3 Å². The van der Waals surface area contributed by atoms with Crippen LogP contribution in [0, 0.1) is 12.8 Å². The predicted octanol–water partition coefficient (Wildman–Crippen LogP) is 4.63. The van der Waals surface area contributed by atoms with Gasteiger partial charge in [0.05, 0.1) is 9.21 Å². The lowest BCUT2D eigenvalue weighted by Crippen LogP contribution is -2.42. The van der Waals surface area contributed by atoms with Gasteiger partial charge in [0, 0.05) is 0 Å². The van der Waals surface area contributed by atoms with Crippen molar-refractivity contribution in [3.05, 3.63) is 20.8 Å². The standard InChI is InChI=1S/C9H5ClF6OS/c1-3-2-4(18-7(3)10)5(17)6(8(11,12)13)9(14,15)16/h2,6H,1H3. The van der Waals surface area contributed by atoms with Crippen LogP contribution in [0.4, 0.5) is 26.3 Å². The lowest BCUT2D eigenvalue weighted by atomic mass is 10.0. The van der Waals surface area contributed by atoms with Gasteiger partial charge in [0.2, 0.25) is 5.92 Å². The van der Waals surface area contributed by atoms with Gasteiger partial charge < -0.3 is 0 Å². The molecule has 0 saturated carbocycles. The SMILES string of the molecule is Cc1cc(C(=O)C(C(F)(F)F)C(F)(F)F)sc1Cl. The van der Waals surface area contributed by atoms with E-state index in [1.165, 1.54) is 6.92 Å². The van der Waals surface area contributed by atoms with E-state index in [4.69, 9.17) is 11.6 Å². The van der Waals surface area contributed by atoms with Gasteiger partial charge in [-0.3, -0.25) is 4.79 Å². The molecule has 0 amide bonds. The van der Waals surface area contributed by atoms with Crippen molar-refractivity contribution < 1.29 is 31.1 Å². The van der Waals surface area contributed by atoms with Crippen molar-refractivity contribution in [3.63, 3.8) is 0 Å². The average molecular weight is 311 g/mol. The summed E-state index contributed by atoms with van der Waals surface area (Å²) in [4.78, 5) is 10.7. The third-order valence-corrected chi connectivity index (χ3v) is 3.59. The second-order valence-corrected chi connectivity index (χ2v) is 5.10. The Morgan fingerprint density at radius 3 is 1.94 bits per heavy atom. The Hall–Kier alpha value is -0.760. The van der Waals surface area contributed by atoms with Crippen LogP contribution < -0.4 is 0 Å². The maximum Gasteiger partial charge on any atom is 0.407 e. The largest absolute Gasteiger partial charge is 0.407 e. The van der Waals surface area contributed by atoms with Crippen LogP contribution in [0.2, 0.25) is 4.34 Å². The molecule has 0 aliphatic heterocycles. The zero-order chi connectivity index (χ0) is 14.3. The summed E-state index contributed by atoms with van der Waals surface area (Å²) in [6.07, 6.45) is -11.4. The average Bonchev–Trinajstić information content (AvgIpc) is 2.41. The molecule has 0 aromatic carbocycles. The van der Waals surface area contributed by atoms with Crippen LogP contribution in [0.25, 0.3) is 0 Å². The van der Waals surface area contributed by atoms with Crippen molar-refractivity contribution in [1.29, 1.82) is 0 Å². The van der Waals surface area contributed by atoms with Gasteiger partial charge in [-0.1, -0.05) is 11.6 Å². The van der Waals surface area contributed by atoms with E-state index in [0.717, 1.165) is 6.07 Å². The highest BCUT2D eigenvalue weighted by atomic mass is 35.5. The van der Waals surface area contributed by atoms with Gasteiger partial charge >= 0.3 is 12.4 Å². The van der Waals surface area contributed by atoms with Crippen LogP contribution in [0.3, 0.4) is 0 Å². The van der Waals surface area contributed by atoms with Gasteiger partial charge in [-0.05, 0) is 18.6 Å². The summed E-state index contributed by atoms with van der Waals surface area (Å²) < 4.78 is 73.7. The van der Waals surface area contributed by atoms with E-state index < -0.39 is 28.9 Å². The van der Waals surface area contributed by atoms with Gasteiger partial charge in [0.1, 0.15) is 0 Å². The number of rotatable bonds is 2. The van der Waals surface area contributed by atoms with Gasteiger partial charge in [-0.15, -0.1) is 11.3 Å². The highest BCUT2D eigenvalue weighted by Crippen LogP contribution is 2.42. The lowest BCUT2D eigenvalue weighted by molar-refractivity contribution is -0.264. The van der Waals surface area contributed by atoms with E-state index >= 15 is 0 Å². The fourth-order valence-corrected chi connectivity index (χ4v) is 2.38. The molecule has 0 spiro atoms. The number of hydrogen-bond acceptors (Lipinski definition) is 2. The Bertz CT molecular complexity index is 427. The summed E-state index contributed by atoms with van der Waals surface area (Å²) in [7, 11) is 0. The number of thiophene rings is 1. The van der Waals surface area contributed by atoms with Gasteiger partial charge in [0.15, 0.2) is 5.78 Å². The molecule has 0 unspecified atom stereocenters. The number of carbonyl (C=O) groups excluding carboxylic acids is 1. The number of halogens is 7. The first-order valence-corrected chi connectivity index (χ1v) is 5.57. The quantitative estimate of drug-likeness (QED) is 0.575. The zero-order valence-corrected chi connectivity index (χ0v) is 10.2. The number of ketones is 1. The molecule has 0 N–H and O–H groups in total. The molecule has 0 aliphatic rings. The third kappa shape index (κ3) is 3.17. The monoisotopic (exact) mass is 310 g/mol. The fraction of sp³-hybridized carbons (Fsp3) is 0.444. The van der Waals surface area contributed by atoms with Crippen LogP contribution in [0.5, 0.6) is 0 Å². The molecular weight excluding hydrogens is 306 g/mol. The molecule has 9 heteroatoms. The molecule has 1 heterocycles. The van der Waals surface area contributed by atoms with Crippen molar-refractivity contribution in [2.24, 2.45) is 5.92 Å². The minimum absolute atomic E-state index is 0.0125. The number of Topliss-reactive ketones (excluding diaryl/α,β-unsaturated/α-hetero) is 1. The summed E-state index contributed by atoms with van der Waals surface area (Å²) in [5.74, 6) is -6.05. The molecule has 0 aliphatic carbocycles. The minimum Gasteiger partial charge on any atom is -0.292 e. The fourth-order valence-electron chi connectivity index (χ4n) is 1.21. The lowest BCUT2D eigenvalue weighted by Gasteiger charge is -2.20. The maximum atomic E-state index is 12.3. The Kier molecular flexibility index (Phi) is 4.02. The Labute approximate surface area is 106 Å². The van der Waals surface area contributed by atoms with Crippen molar-refractivity contribution in [1.82, 2.24) is 0 Å². The van der Waals surface area contributed by atoms with E-state index in [2.05, 4.69) is 0 Å². The molecule has 0 saturated heterocycles. The molecule has 1 aromatic heterocycles. The topological polar surface area (TPSA) is 17.1 Å². The molecule has 18 heavy (non-hydrogen) atoms. The first-order valence-electron chi connectivity index (χ1n) is 4.38. The van der Waals surface area contributed by atoms with E-state index in [9.17, 15) is 31.1 Å². The summed E-state index contributed by atoms with van der Waals surface area (Å²) in [6, 6.07) is 0.916. The maximum absolute atomic E-state index is 12.3. The minimum atomic E-state index is -5.68.